The van der Waals surface area contributed by atoms with E-state index in [0.717, 1.165) is 0 Å². The van der Waals surface area contributed by atoms with Crippen LogP contribution in [0.5, 0.6) is 0 Å². The second kappa shape index (κ2) is 8.32. The highest BCUT2D eigenvalue weighted by Gasteiger charge is 2.20. The Bertz CT molecular complexity index is 196. The van der Waals surface area contributed by atoms with Crippen molar-refractivity contribution >= 4 is 40.5 Å². The predicted molar refractivity (Wildman–Crippen MR) is 74.2 cm³/mol. The Balaban J connectivity index is 4.12. The summed E-state index contributed by atoms with van der Waals surface area (Å²) in [5.41, 5.74) is -2.21. The molecule has 0 rings (SSSR count). The zero-order valence-corrected chi connectivity index (χ0v) is 13.0. The van der Waals surface area contributed by atoms with Crippen molar-refractivity contribution in [1.29, 1.82) is 0 Å². The van der Waals surface area contributed by atoms with Gasteiger partial charge >= 0.3 is 0 Å². The van der Waals surface area contributed by atoms with Gasteiger partial charge in [-0.05, 0) is 23.6 Å². The van der Waals surface area contributed by atoms with Gasteiger partial charge in [0.15, 0.2) is 0 Å². The molecular weight excluding hydrogens is 271 g/mol. The Morgan fingerprint density at radius 2 is 1.53 bits per heavy atom. The maximum absolute atomic E-state index is 5.68. The highest BCUT2D eigenvalue weighted by molar-refractivity contribution is 8.68. The summed E-state index contributed by atoms with van der Waals surface area (Å²) in [6.45, 7) is 9.64. The molecule has 0 aromatic rings. The van der Waals surface area contributed by atoms with Crippen LogP contribution >= 0.6 is 28.7 Å². The van der Waals surface area contributed by atoms with Crippen LogP contribution in [0.2, 0.25) is 0 Å². The molecule has 0 aromatic carbocycles. The first-order valence-electron chi connectivity index (χ1n) is 4.99. The van der Waals surface area contributed by atoms with E-state index in [9.17, 15) is 0 Å². The first-order valence-corrected chi connectivity index (χ1v) is 9.75. The summed E-state index contributed by atoms with van der Waals surface area (Å²) in [5, 5.41) is 0.424. The highest BCUT2D eigenvalue weighted by Crippen LogP contribution is 2.61. The summed E-state index contributed by atoms with van der Waals surface area (Å²) < 4.78 is 11.3. The summed E-state index contributed by atoms with van der Waals surface area (Å²) in [5.74, 6) is 0.928. The quantitative estimate of drug-likeness (QED) is 0.484. The van der Waals surface area contributed by atoms with E-state index in [1.54, 1.807) is 0 Å². The molecule has 0 aliphatic heterocycles. The number of halogens is 1. The van der Waals surface area contributed by atoms with Gasteiger partial charge in [-0.3, -0.25) is 0 Å². The third-order valence-electron chi connectivity index (χ3n) is 1.34. The molecule has 0 aliphatic carbocycles. The minimum absolute atomic E-state index is 0.424. The van der Waals surface area contributed by atoms with E-state index < -0.39 is 5.69 Å². The summed E-state index contributed by atoms with van der Waals surface area (Å²) in [7, 11) is 0. The maximum atomic E-state index is 5.68. The van der Waals surface area contributed by atoms with Crippen molar-refractivity contribution < 1.29 is 9.05 Å². The van der Waals surface area contributed by atoms with Crippen molar-refractivity contribution in [2.45, 2.75) is 27.7 Å². The van der Waals surface area contributed by atoms with E-state index in [-0.39, 0.29) is 0 Å². The molecule has 0 aliphatic rings. The number of alkyl halides is 1. The summed E-state index contributed by atoms with van der Waals surface area (Å²) in [6, 6.07) is 0. The van der Waals surface area contributed by atoms with Crippen molar-refractivity contribution in [3.8, 4) is 0 Å². The molecule has 0 N–H and O–H groups in total. The molecule has 0 fully saturated rings. The Kier molecular flexibility index (Phi) is 8.99. The zero-order valence-electron chi connectivity index (χ0n) is 9.73. The molecular formula is C9H20ClO2PS2. The average Bonchev–Trinajstić information content (AvgIpc) is 2.13. The molecule has 0 radical (unpaired) electrons. The molecule has 0 heterocycles. The Morgan fingerprint density at radius 1 is 1.13 bits per heavy atom. The summed E-state index contributed by atoms with van der Waals surface area (Å²) in [6.07, 6.45) is 0. The molecule has 2 nitrogen and oxygen atoms in total. The topological polar surface area (TPSA) is 18.5 Å². The smallest absolute Gasteiger partial charge is 0.248 e. The van der Waals surface area contributed by atoms with Gasteiger partial charge in [0.2, 0.25) is 5.69 Å². The van der Waals surface area contributed by atoms with Gasteiger partial charge in [-0.25, -0.2) is 0 Å². The molecule has 0 saturated heterocycles. The number of hydrogen-bond donors (Lipinski definition) is 0. The highest BCUT2D eigenvalue weighted by atomic mass is 35.5. The van der Waals surface area contributed by atoms with Crippen LogP contribution in [0.15, 0.2) is 0 Å². The van der Waals surface area contributed by atoms with Gasteiger partial charge in [0.05, 0.1) is 18.4 Å². The van der Waals surface area contributed by atoms with Crippen LogP contribution in [0.3, 0.4) is 0 Å². The molecule has 0 amide bonds. The van der Waals surface area contributed by atoms with E-state index in [0.29, 0.717) is 30.3 Å². The van der Waals surface area contributed by atoms with Gasteiger partial charge in [-0.15, -0.1) is 11.6 Å². The van der Waals surface area contributed by atoms with E-state index in [1.165, 1.54) is 11.4 Å². The summed E-state index contributed by atoms with van der Waals surface area (Å²) in [4.78, 5) is 0. The Hall–Kier alpha value is 1.21. The van der Waals surface area contributed by atoms with Gasteiger partial charge < -0.3 is 9.05 Å². The average molecular weight is 291 g/mol. The second-order valence-corrected chi connectivity index (χ2v) is 11.0. The molecule has 92 valence electrons. The molecule has 0 unspecified atom stereocenters. The lowest BCUT2D eigenvalue weighted by molar-refractivity contribution is 0.219. The van der Waals surface area contributed by atoms with Crippen molar-refractivity contribution in [1.82, 2.24) is 0 Å². The van der Waals surface area contributed by atoms with Gasteiger partial charge in [0, 0.05) is 0 Å². The lowest BCUT2D eigenvalue weighted by Crippen LogP contribution is -2.04. The van der Waals surface area contributed by atoms with Crippen molar-refractivity contribution in [2.75, 3.05) is 18.4 Å². The van der Waals surface area contributed by atoms with Crippen molar-refractivity contribution in [2.24, 2.45) is 11.8 Å². The van der Waals surface area contributed by atoms with E-state index in [4.69, 9.17) is 32.5 Å². The molecule has 0 atom stereocenters. The first kappa shape index (κ1) is 16.2. The third-order valence-corrected chi connectivity index (χ3v) is 7.02. The summed E-state index contributed by atoms with van der Waals surface area (Å²) >= 11 is 12.5. The molecule has 15 heavy (non-hydrogen) atoms. The fourth-order valence-electron chi connectivity index (χ4n) is 0.652. The number of rotatable bonds is 8. The van der Waals surface area contributed by atoms with Gasteiger partial charge in [0.25, 0.3) is 0 Å². The molecule has 0 aromatic heterocycles. The van der Waals surface area contributed by atoms with Crippen LogP contribution in [0.1, 0.15) is 27.7 Å². The van der Waals surface area contributed by atoms with Crippen molar-refractivity contribution in [3.05, 3.63) is 0 Å². The van der Waals surface area contributed by atoms with Crippen LogP contribution in [-0.2, 0) is 20.9 Å². The largest absolute Gasteiger partial charge is 0.321 e. The minimum Gasteiger partial charge on any atom is -0.321 e. The van der Waals surface area contributed by atoms with Crippen LogP contribution in [0.4, 0.5) is 0 Å². The van der Waals surface area contributed by atoms with Crippen LogP contribution in [0.25, 0.3) is 0 Å². The van der Waals surface area contributed by atoms with Crippen molar-refractivity contribution in [3.63, 3.8) is 0 Å². The van der Waals surface area contributed by atoms with E-state index >= 15 is 0 Å². The Morgan fingerprint density at radius 3 is 1.80 bits per heavy atom. The van der Waals surface area contributed by atoms with Gasteiger partial charge in [-0.2, -0.15) is 0 Å². The predicted octanol–water partition coefficient (Wildman–Crippen LogP) is 4.49. The fourth-order valence-corrected chi connectivity index (χ4v) is 5.64. The standard InChI is InChI=1S/C9H20ClO2PS2/c1-8(2)5-11-13(14,15-7-10)12-6-9(3)4/h8-9H,5-7H2,1-4H3. The monoisotopic (exact) mass is 290 g/mol. The van der Waals surface area contributed by atoms with E-state index in [2.05, 4.69) is 27.7 Å². The first-order chi connectivity index (χ1) is 6.89. The normalized spacial score (nSPS) is 12.7. The molecule has 0 spiro atoms. The number of hydrogen-bond acceptors (Lipinski definition) is 4. The fraction of sp³-hybridized carbons (Fsp3) is 1.00. The molecule has 6 heteroatoms. The van der Waals surface area contributed by atoms with Gasteiger partial charge in [0.1, 0.15) is 0 Å². The molecule has 0 saturated carbocycles. The maximum Gasteiger partial charge on any atom is 0.248 e. The molecule has 0 bridgehead atoms. The van der Waals surface area contributed by atoms with Crippen LogP contribution in [0, 0.1) is 11.8 Å². The van der Waals surface area contributed by atoms with E-state index in [1.807, 2.05) is 0 Å². The lowest BCUT2D eigenvalue weighted by Gasteiger charge is -2.22. The van der Waals surface area contributed by atoms with Gasteiger partial charge in [-0.1, -0.05) is 39.1 Å². The minimum atomic E-state index is -2.21. The Labute approximate surface area is 107 Å². The second-order valence-electron chi connectivity index (χ2n) is 4.06. The van der Waals surface area contributed by atoms with Crippen LogP contribution in [-0.4, -0.2) is 18.4 Å². The van der Waals surface area contributed by atoms with Crippen LogP contribution < -0.4 is 0 Å². The SMILES string of the molecule is CC(C)COP(=S)(OCC(C)C)SCCl. The zero-order chi connectivity index (χ0) is 11.9. The third kappa shape index (κ3) is 8.96. The lowest BCUT2D eigenvalue weighted by atomic mass is 10.2.